The van der Waals surface area contributed by atoms with Crippen molar-refractivity contribution in [3.8, 4) is 11.5 Å². The van der Waals surface area contributed by atoms with Crippen LogP contribution in [0.3, 0.4) is 0 Å². The Morgan fingerprint density at radius 3 is 1.24 bits per heavy atom. The number of alkyl halides is 1. The Morgan fingerprint density at radius 2 is 0.855 bits per heavy atom. The van der Waals surface area contributed by atoms with Crippen LogP contribution in [0.1, 0.15) is 138 Å². The number of halogens is 1. The average Bonchev–Trinajstić information content (AvgIpc) is 1.41. The Hall–Kier alpha value is -11.4. The van der Waals surface area contributed by atoms with Crippen molar-refractivity contribution in [2.24, 2.45) is 27.9 Å². The number of carbonyl (C=O) groups is 9. The van der Waals surface area contributed by atoms with Gasteiger partial charge >= 0.3 is 35.8 Å². The molecule has 1 amide bonds. The van der Waals surface area contributed by atoms with E-state index in [1.54, 1.807) is 12.4 Å². The molecule has 3 N–H and O–H groups in total. The summed E-state index contributed by atoms with van der Waals surface area (Å²) in [5, 5.41) is 13.8. The van der Waals surface area contributed by atoms with Gasteiger partial charge < -0.3 is 82.3 Å². The largest absolute Gasteiger partial charge is 0.469 e. The van der Waals surface area contributed by atoms with Crippen molar-refractivity contribution in [3.05, 3.63) is 240 Å². The Morgan fingerprint density at radius 1 is 0.466 bits per heavy atom. The van der Waals surface area contributed by atoms with E-state index in [1.807, 2.05) is 72.5 Å². The molecule has 7 heterocycles. The summed E-state index contributed by atoms with van der Waals surface area (Å²) in [7, 11) is 7.65. The van der Waals surface area contributed by atoms with Crippen LogP contribution in [0, 0.1) is 22.2 Å². The molecular formula is C102H122BrN5O23. The number of likely N-dealkylation sites (tertiary alicyclic amines) is 2. The topological polar surface area (TPSA) is 331 Å². The zero-order valence-corrected chi connectivity index (χ0v) is 78.2. The van der Waals surface area contributed by atoms with Crippen molar-refractivity contribution in [1.82, 2.24) is 20.0 Å². The van der Waals surface area contributed by atoms with Gasteiger partial charge in [-0.1, -0.05) is 192 Å². The summed E-state index contributed by atoms with van der Waals surface area (Å²) in [5.74, 6) is -2.15. The highest BCUT2D eigenvalue weighted by atomic mass is 79.9. The summed E-state index contributed by atoms with van der Waals surface area (Å²) in [5.41, 5.74) is 7.81. The molecule has 0 saturated carbocycles. The first-order valence-corrected chi connectivity index (χ1v) is 45.1. The zero-order valence-electron chi connectivity index (χ0n) is 76.7. The number of hydrogen-bond acceptors (Lipinski definition) is 27. The smallest absolute Gasteiger partial charge is 0.331 e. The average molecular weight is 1870 g/mol. The number of ether oxygens (including phenoxy) is 14. The SMILES string of the molecule is BrCC1OCCO1.COC(=O)C(CC1OCCO1)(CC1OCCO1)C(C)=O.COC(=O)C1(C(=O)OC)C=CN([C@H](C)c2cccc3ccccc23)C=C1.COC(=O)C1(C(=O)OC)CCN([C@H](C)c2cccc3ccccc23)CC1.COC(=O)CC(C)=O.C[C@@H](N)c1cccc2ccccc12.C[C@H](c1cccc2ccccc12)N1CCC(C(=O)NCc2ccc3c(c2)OCO3)CC1. The lowest BCUT2D eigenvalue weighted by Gasteiger charge is -2.40. The number of fused-ring (bicyclic) bond motifs is 5. The fourth-order valence-corrected chi connectivity index (χ4v) is 17.3. The molecule has 9 aromatic carbocycles. The third-order valence-corrected chi connectivity index (χ3v) is 25.0. The van der Waals surface area contributed by atoms with E-state index in [0.717, 1.165) is 67.1 Å². The molecule has 28 nitrogen and oxygen atoms in total. The van der Waals surface area contributed by atoms with Gasteiger partial charge in [-0.25, -0.2) is 0 Å². The molecule has 0 aromatic heterocycles. The van der Waals surface area contributed by atoms with Crippen molar-refractivity contribution in [1.29, 1.82) is 0 Å². The number of esters is 6. The lowest BCUT2D eigenvalue weighted by atomic mass is 9.77. The van der Waals surface area contributed by atoms with Gasteiger partial charge in [0, 0.05) is 68.9 Å². The molecule has 0 spiro atoms. The van der Waals surface area contributed by atoms with Crippen LogP contribution in [0.5, 0.6) is 11.5 Å². The van der Waals surface area contributed by atoms with Crippen molar-refractivity contribution < 1.29 is 109 Å². The number of rotatable bonds is 23. The number of hydrogen-bond donors (Lipinski definition) is 2. The van der Waals surface area contributed by atoms with Gasteiger partial charge in [-0.05, 0) is 176 Å². The van der Waals surface area contributed by atoms with Crippen LogP contribution in [-0.2, 0) is 107 Å². The van der Waals surface area contributed by atoms with Gasteiger partial charge in [0.15, 0.2) is 35.8 Å². The molecule has 5 fully saturated rings. The van der Waals surface area contributed by atoms with Crippen LogP contribution in [0.25, 0.3) is 43.1 Å². The van der Waals surface area contributed by atoms with Crippen LogP contribution in [0.4, 0.5) is 0 Å². The standard InChI is InChI=1S/C26H28N2O3.C21H25NO4.C21H21NO4.C13H20O7.C12H13N.C5H8O3.C4H7BrO2/c1-18(22-8-4-6-20-5-2-3-7-23(20)22)28-13-11-21(12-14-28)26(29)27-16-19-9-10-24-25(15-19)31-17-30-24;2*1-15(17-10-6-8-16-7-4-5-9-18(16)17)22-13-11-21(12-14-22,19(23)25-2)20(24)26-3;1-9(14)13(12(15)16-2,7-10-17-3-4-18-10)8-11-19-5-6-20-11;1-9(13)11-8-4-6-10-5-2-3-7-12(10)11;1-4(6)3-5(7)8-2;5-3-4-6-1-2-7-4/h2-10,15,18,21H,11-14,16-17H2,1H3,(H,27,29);4-10,15H,11-14H2,1-3H3;4-15H,1-3H3;10-11H,3-8H2,1-2H3;2-9H,13H2,1H3;3H2,1-2H3;4H,1-3H2/t18-;2*15-;;9-;;/m111.1../s1. The predicted molar refractivity (Wildman–Crippen MR) is 499 cm³/mol. The van der Waals surface area contributed by atoms with Crippen LogP contribution in [0.15, 0.2) is 213 Å². The fourth-order valence-electron chi connectivity index (χ4n) is 16.9. The van der Waals surface area contributed by atoms with E-state index in [2.05, 4.69) is 184 Å². The molecule has 4 atom stereocenters. The Bertz CT molecular complexity index is 5310. The number of piperidine rings is 2. The maximum Gasteiger partial charge on any atom is 0.331 e. The van der Waals surface area contributed by atoms with Gasteiger partial charge in [0.1, 0.15) is 23.4 Å². The van der Waals surface area contributed by atoms with E-state index in [9.17, 15) is 43.2 Å². The van der Waals surface area contributed by atoms with Gasteiger partial charge in [0.05, 0.1) is 93.7 Å². The molecule has 7 aliphatic heterocycles. The normalized spacial score (nSPS) is 17.3. The number of nitrogens with zero attached hydrogens (tertiary/aromatic N) is 3. The van der Waals surface area contributed by atoms with Crippen LogP contribution >= 0.6 is 15.9 Å². The van der Waals surface area contributed by atoms with Gasteiger partial charge in [-0.3, -0.25) is 53.0 Å². The van der Waals surface area contributed by atoms with Gasteiger partial charge in [-0.15, -0.1) is 0 Å². The number of ketones is 2. The first-order valence-electron chi connectivity index (χ1n) is 43.9. The highest BCUT2D eigenvalue weighted by Crippen LogP contribution is 2.42. The first kappa shape index (κ1) is 102. The molecule has 5 saturated heterocycles. The summed E-state index contributed by atoms with van der Waals surface area (Å²) in [6.07, 6.45) is 8.03. The molecule has 7 aliphatic rings. The predicted octanol–water partition coefficient (Wildman–Crippen LogP) is 15.6. The number of nitrogens with one attached hydrogen (secondary N) is 1. The van der Waals surface area contributed by atoms with E-state index in [1.165, 1.54) is 128 Å². The minimum absolute atomic E-state index is 0.0139. The summed E-state index contributed by atoms with van der Waals surface area (Å²) in [6, 6.07) is 65.2. The highest BCUT2D eigenvalue weighted by Gasteiger charge is 2.52. The fraction of sp³-hybridized carbons (Fsp3) is 0.422. The molecule has 700 valence electrons. The van der Waals surface area contributed by atoms with E-state index < -0.39 is 64.6 Å². The van der Waals surface area contributed by atoms with Crippen LogP contribution in [0.2, 0.25) is 0 Å². The summed E-state index contributed by atoms with van der Waals surface area (Å²) in [6.45, 7) is 18.5. The van der Waals surface area contributed by atoms with Gasteiger partial charge in [0.2, 0.25) is 18.1 Å². The van der Waals surface area contributed by atoms with Crippen molar-refractivity contribution in [2.45, 2.75) is 136 Å². The quantitative estimate of drug-likeness (QED) is 0.0260. The number of methoxy groups -OCH3 is 6. The van der Waals surface area contributed by atoms with Crippen molar-refractivity contribution >= 4 is 112 Å². The number of carbonyl (C=O) groups excluding carboxylic acids is 9. The number of nitrogens with two attached hydrogens (primary N) is 1. The molecular weight excluding hydrogens is 1740 g/mol. The van der Waals surface area contributed by atoms with Crippen LogP contribution in [-0.4, -0.2) is 207 Å². The second-order valence-corrected chi connectivity index (χ2v) is 33.1. The summed E-state index contributed by atoms with van der Waals surface area (Å²) < 4.78 is 70.6. The molecule has 9 aromatic rings. The van der Waals surface area contributed by atoms with Gasteiger partial charge in [-0.2, -0.15) is 0 Å². The van der Waals surface area contributed by atoms with E-state index >= 15 is 0 Å². The van der Waals surface area contributed by atoms with Crippen molar-refractivity contribution in [2.75, 3.05) is 121 Å². The molecule has 0 radical (unpaired) electrons. The number of amides is 1. The summed E-state index contributed by atoms with van der Waals surface area (Å²) >= 11 is 3.23. The molecule has 131 heavy (non-hydrogen) atoms. The third kappa shape index (κ3) is 26.3. The minimum Gasteiger partial charge on any atom is -0.469 e. The number of benzene rings is 9. The maximum atomic E-state index is 12.7. The second kappa shape index (κ2) is 49.8. The van der Waals surface area contributed by atoms with E-state index in [4.69, 9.17) is 67.3 Å². The zero-order chi connectivity index (χ0) is 94.2. The van der Waals surface area contributed by atoms with Gasteiger partial charge in [0.25, 0.3) is 0 Å². The monoisotopic (exact) mass is 1860 g/mol. The molecule has 29 heteroatoms. The third-order valence-electron chi connectivity index (χ3n) is 24.5. The lowest BCUT2D eigenvalue weighted by Crippen LogP contribution is -2.50. The van der Waals surface area contributed by atoms with Crippen LogP contribution < -0.4 is 20.5 Å². The minimum atomic E-state index is -1.54. The highest BCUT2D eigenvalue weighted by molar-refractivity contribution is 9.09. The van der Waals surface area contributed by atoms with E-state index in [-0.39, 0.29) is 73.9 Å². The maximum absolute atomic E-state index is 12.7. The second-order valence-electron chi connectivity index (χ2n) is 32.5. The lowest BCUT2D eigenvalue weighted by molar-refractivity contribution is -0.174. The molecule has 0 bridgehead atoms. The van der Waals surface area contributed by atoms with Crippen molar-refractivity contribution in [3.63, 3.8) is 0 Å². The Kier molecular flexibility index (Phi) is 38.7. The molecule has 0 aliphatic carbocycles. The van der Waals surface area contributed by atoms with E-state index in [0.29, 0.717) is 64.9 Å². The number of Topliss-reactive ketones (excluding diaryl/α,β-unsaturated/α-hetero) is 2. The Labute approximate surface area is 774 Å². The molecule has 16 rings (SSSR count). The Balaban J connectivity index is 0.000000166. The molecule has 0 unspecified atom stereocenters. The summed E-state index contributed by atoms with van der Waals surface area (Å²) in [4.78, 5) is 113. The first-order chi connectivity index (χ1) is 63.2.